The molecule has 2 atom stereocenters. The van der Waals surface area contributed by atoms with Crippen LogP contribution < -0.4 is 4.74 Å². The minimum absolute atomic E-state index is 0. The molecule has 10 rings (SSSR count). The molecule has 0 fully saturated rings. The van der Waals surface area contributed by atoms with E-state index in [1.165, 1.54) is 49.7 Å². The Labute approximate surface area is 319 Å². The Kier molecular flexibility index (Phi) is 7.44. The van der Waals surface area contributed by atoms with Gasteiger partial charge in [-0.15, -0.1) is 34.4 Å². The van der Waals surface area contributed by atoms with Crippen LogP contribution in [0.25, 0.3) is 27.6 Å². The van der Waals surface area contributed by atoms with Crippen LogP contribution >= 0.6 is 0 Å². The van der Waals surface area contributed by atoms with Gasteiger partial charge in [-0.25, -0.2) is 4.98 Å². The molecule has 3 aliphatic rings. The molecule has 5 aromatic carbocycles. The normalized spacial score (nSPS) is 17.8. The zero-order chi connectivity index (χ0) is 34.8. The smallest absolute Gasteiger partial charge is 0.502 e. The maximum Gasteiger partial charge on any atom is 2.00 e. The number of pyridine rings is 1. The zero-order valence-electron chi connectivity index (χ0n) is 30.1. The van der Waals surface area contributed by atoms with Crippen LogP contribution in [0.2, 0.25) is 0 Å². The van der Waals surface area contributed by atoms with E-state index in [-0.39, 0.29) is 38.6 Å². The fourth-order valence-corrected chi connectivity index (χ4v) is 8.96. The molecule has 0 bridgehead atoms. The molecule has 258 valence electrons. The first-order valence-electron chi connectivity index (χ1n) is 17.9. The van der Waals surface area contributed by atoms with Crippen LogP contribution in [0.3, 0.4) is 0 Å². The van der Waals surface area contributed by atoms with E-state index in [2.05, 4.69) is 154 Å². The van der Waals surface area contributed by atoms with Gasteiger partial charge in [0.15, 0.2) is 0 Å². The number of nitrogens with zero attached hydrogens (tertiary/aromatic N) is 4. The number of para-hydroxylation sites is 1. The number of aliphatic imine (C=N–C) groups is 1. The number of benzene rings is 5. The van der Waals surface area contributed by atoms with Crippen molar-refractivity contribution in [3.05, 3.63) is 165 Å². The second kappa shape index (κ2) is 11.8. The summed E-state index contributed by atoms with van der Waals surface area (Å²) in [5.41, 5.74) is 14.8. The van der Waals surface area contributed by atoms with Crippen molar-refractivity contribution in [2.45, 2.75) is 65.6 Å². The summed E-state index contributed by atoms with van der Waals surface area (Å²) < 4.78 is 9.20. The molecule has 6 heteroatoms. The van der Waals surface area contributed by atoms with E-state index in [0.29, 0.717) is 11.5 Å². The van der Waals surface area contributed by atoms with Crippen LogP contribution in [0.1, 0.15) is 81.6 Å². The molecule has 0 saturated carbocycles. The molecule has 2 aromatic heterocycles. The molecule has 5 heterocycles. The first kappa shape index (κ1) is 32.9. The van der Waals surface area contributed by atoms with Crippen LogP contribution in [0.5, 0.6) is 11.5 Å². The summed E-state index contributed by atoms with van der Waals surface area (Å²) in [5, 5.41) is 2.42. The van der Waals surface area contributed by atoms with Gasteiger partial charge >= 0.3 is 21.1 Å². The van der Waals surface area contributed by atoms with Gasteiger partial charge in [-0.1, -0.05) is 125 Å². The average Bonchev–Trinajstić information content (AvgIpc) is 3.79. The SMILES string of the molecule is Cc1cc(C)c(C2=N[C@H](c3ccccc3)[C@@H]3c4ccccc4CN23)[c-]c1Oc1[c-]c2c(cc1C)C(C)(C)c1cccc3c4c(C)ccnc4n-2c13.[Pt+2]. The molecule has 0 amide bonds. The molecule has 7 aromatic rings. The van der Waals surface area contributed by atoms with Crippen LogP contribution in [-0.4, -0.2) is 20.3 Å². The molecule has 0 saturated heterocycles. The average molecular weight is 858 g/mol. The van der Waals surface area contributed by atoms with E-state index in [1.54, 1.807) is 0 Å². The van der Waals surface area contributed by atoms with E-state index < -0.39 is 0 Å². The van der Waals surface area contributed by atoms with E-state index >= 15 is 0 Å². The Morgan fingerprint density at radius 1 is 0.769 bits per heavy atom. The first-order valence-corrected chi connectivity index (χ1v) is 17.9. The summed E-state index contributed by atoms with van der Waals surface area (Å²) >= 11 is 0. The summed E-state index contributed by atoms with van der Waals surface area (Å²) in [7, 11) is 0. The van der Waals surface area contributed by atoms with Gasteiger partial charge in [0.25, 0.3) is 0 Å². The van der Waals surface area contributed by atoms with E-state index in [1.807, 2.05) is 6.20 Å². The van der Waals surface area contributed by atoms with E-state index in [9.17, 15) is 0 Å². The Morgan fingerprint density at radius 2 is 1.52 bits per heavy atom. The third-order valence-electron chi connectivity index (χ3n) is 11.5. The van der Waals surface area contributed by atoms with Crippen LogP contribution in [0.4, 0.5) is 0 Å². The molecule has 0 unspecified atom stereocenters. The van der Waals surface area contributed by atoms with E-state index in [0.717, 1.165) is 46.0 Å². The van der Waals surface area contributed by atoms with Gasteiger partial charge in [0.2, 0.25) is 0 Å². The van der Waals surface area contributed by atoms with Crippen molar-refractivity contribution in [1.82, 2.24) is 14.5 Å². The maximum atomic E-state index is 6.89. The van der Waals surface area contributed by atoms with Gasteiger partial charge in [-0.3, -0.25) is 0 Å². The topological polar surface area (TPSA) is 42.6 Å². The van der Waals surface area contributed by atoms with Crippen molar-refractivity contribution in [2.75, 3.05) is 0 Å². The Morgan fingerprint density at radius 3 is 2.35 bits per heavy atom. The Hall–Kier alpha value is -4.99. The van der Waals surface area contributed by atoms with Crippen molar-refractivity contribution >= 4 is 27.8 Å². The summed E-state index contributed by atoms with van der Waals surface area (Å²) in [6.45, 7) is 14.0. The maximum absolute atomic E-state index is 6.89. The van der Waals surface area contributed by atoms with Crippen molar-refractivity contribution in [3.8, 4) is 17.2 Å². The van der Waals surface area contributed by atoms with Crippen molar-refractivity contribution in [2.24, 2.45) is 4.99 Å². The second-order valence-corrected chi connectivity index (χ2v) is 15.1. The Balaban J connectivity index is 0.00000360. The monoisotopic (exact) mass is 857 g/mol. The van der Waals surface area contributed by atoms with Crippen LogP contribution in [0, 0.1) is 39.8 Å². The molecule has 0 radical (unpaired) electrons. The van der Waals surface area contributed by atoms with Gasteiger partial charge in [-0.2, -0.15) is 6.07 Å². The van der Waals surface area contributed by atoms with Crippen LogP contribution in [-0.2, 0) is 33.0 Å². The van der Waals surface area contributed by atoms with E-state index in [4.69, 9.17) is 14.7 Å². The summed E-state index contributed by atoms with van der Waals surface area (Å²) in [6.07, 6.45) is 1.91. The van der Waals surface area contributed by atoms with Crippen LogP contribution in [0.15, 0.2) is 102 Å². The summed E-state index contributed by atoms with van der Waals surface area (Å²) in [4.78, 5) is 12.9. The number of aryl methyl sites for hydroxylation is 4. The van der Waals surface area contributed by atoms with Gasteiger partial charge < -0.3 is 19.2 Å². The number of amidine groups is 1. The second-order valence-electron chi connectivity index (χ2n) is 15.1. The molecule has 3 aliphatic heterocycles. The predicted molar refractivity (Wildman–Crippen MR) is 204 cm³/mol. The number of aromatic nitrogens is 2. The third-order valence-corrected chi connectivity index (χ3v) is 11.5. The predicted octanol–water partition coefficient (Wildman–Crippen LogP) is 10.5. The Bertz CT molecular complexity index is 2640. The molecule has 5 nitrogen and oxygen atoms in total. The van der Waals surface area contributed by atoms with Crippen molar-refractivity contribution in [3.63, 3.8) is 0 Å². The van der Waals surface area contributed by atoms with Gasteiger partial charge in [0, 0.05) is 40.8 Å². The minimum atomic E-state index is -0.230. The molecular weight excluding hydrogens is 820 g/mol. The van der Waals surface area contributed by atoms with Gasteiger partial charge in [-0.05, 0) is 46.2 Å². The fraction of sp³-hybridized carbons (Fsp3) is 0.217. The quantitative estimate of drug-likeness (QED) is 0.166. The van der Waals surface area contributed by atoms with Crippen molar-refractivity contribution < 1.29 is 25.8 Å². The number of rotatable bonds is 4. The van der Waals surface area contributed by atoms with Gasteiger partial charge in [0.1, 0.15) is 5.65 Å². The van der Waals surface area contributed by atoms with Gasteiger partial charge in [0.05, 0.1) is 17.6 Å². The molecule has 52 heavy (non-hydrogen) atoms. The molecule has 0 N–H and O–H groups in total. The summed E-state index contributed by atoms with van der Waals surface area (Å²) in [5.74, 6) is 2.36. The van der Waals surface area contributed by atoms with Crippen molar-refractivity contribution in [1.29, 1.82) is 0 Å². The number of ether oxygens (including phenoxy) is 1. The first-order chi connectivity index (χ1) is 24.7. The number of hydrogen-bond donors (Lipinski definition) is 0. The third kappa shape index (κ3) is 4.58. The molecule has 0 spiro atoms. The number of hydrogen-bond acceptors (Lipinski definition) is 4. The molecule has 0 aliphatic carbocycles. The fourth-order valence-electron chi connectivity index (χ4n) is 8.96. The molecular formula is C46H38N4OPt. The largest absolute Gasteiger partial charge is 2.00 e. The zero-order valence-corrected chi connectivity index (χ0v) is 32.4. The number of fused-ring (bicyclic) bond motifs is 8. The standard InChI is InChI=1S/C46H38N4O.Pt/c1-26-19-20-47-45-40(26)33-17-12-18-35-42(33)50(45)37-24-39(29(4)22-36(37)46(35,5)6)51-38-23-34(27(2)21-28(38)3)44-48-41(30-13-8-7-9-14-30)43-32-16-11-10-15-31(32)25-49(43)44;/h7-22,41,43H,25H2,1-6H3;/q-2;+2/t41-,43+;/m1./s1. The minimum Gasteiger partial charge on any atom is -0.502 e. The summed E-state index contributed by atoms with van der Waals surface area (Å²) in [6, 6.07) is 40.4.